The largest absolute Gasteiger partial charge is 0.371 e. The molecule has 2 rings (SSSR count). The van der Waals surface area contributed by atoms with Crippen LogP contribution in [0.15, 0.2) is 4.52 Å². The molecule has 5 nitrogen and oxygen atoms in total. The number of Topliss-reactive ketones (excluding diaryl/α,β-unsaturated/α-hetero) is 1. The first kappa shape index (κ1) is 11.6. The second-order valence-electron chi connectivity index (χ2n) is 4.20. The summed E-state index contributed by atoms with van der Waals surface area (Å²) >= 11 is 1.60. The van der Waals surface area contributed by atoms with Crippen molar-refractivity contribution >= 4 is 17.5 Å². The lowest BCUT2D eigenvalue weighted by Crippen LogP contribution is -2.21. The van der Waals surface area contributed by atoms with Crippen LogP contribution in [0.5, 0.6) is 0 Å². The molecule has 1 saturated heterocycles. The number of rotatable bonds is 3. The smallest absolute Gasteiger partial charge is 0.238 e. The van der Waals surface area contributed by atoms with Crippen LogP contribution in [0.1, 0.15) is 31.5 Å². The molecule has 0 saturated carbocycles. The van der Waals surface area contributed by atoms with E-state index in [4.69, 9.17) is 9.26 Å². The summed E-state index contributed by atoms with van der Waals surface area (Å²) in [4.78, 5) is 15.8. The van der Waals surface area contributed by atoms with Gasteiger partial charge >= 0.3 is 0 Å². The van der Waals surface area contributed by atoms with Crippen LogP contribution in [0.2, 0.25) is 0 Å². The summed E-state index contributed by atoms with van der Waals surface area (Å²) in [5.41, 5.74) is -0.587. The molecule has 0 bridgehead atoms. The van der Waals surface area contributed by atoms with Crippen LogP contribution in [0.4, 0.5) is 0 Å². The van der Waals surface area contributed by atoms with E-state index < -0.39 is 5.60 Å². The summed E-state index contributed by atoms with van der Waals surface area (Å²) in [6.45, 7) is 3.71. The average molecular weight is 242 g/mol. The number of aromatic nitrogens is 2. The van der Waals surface area contributed by atoms with Gasteiger partial charge in [-0.1, -0.05) is 5.16 Å². The molecule has 1 fully saturated rings. The lowest BCUT2D eigenvalue weighted by Gasteiger charge is -2.17. The van der Waals surface area contributed by atoms with Crippen molar-refractivity contribution < 1.29 is 14.1 Å². The molecular weight excluding hydrogens is 228 g/mol. The number of hydrogen-bond acceptors (Lipinski definition) is 6. The van der Waals surface area contributed by atoms with Crippen LogP contribution in [0, 0.1) is 0 Å². The summed E-state index contributed by atoms with van der Waals surface area (Å²) in [5, 5.41) is 3.87. The van der Waals surface area contributed by atoms with Gasteiger partial charge in [0, 0.05) is 12.9 Å². The van der Waals surface area contributed by atoms with E-state index in [0.717, 1.165) is 5.75 Å². The van der Waals surface area contributed by atoms with Gasteiger partial charge in [-0.25, -0.2) is 0 Å². The minimum absolute atomic E-state index is 0.162. The van der Waals surface area contributed by atoms with Gasteiger partial charge in [-0.3, -0.25) is 4.79 Å². The molecular formula is C10H14N2O3S. The number of carbonyl (C=O) groups excluding carboxylic acids is 1. The highest BCUT2D eigenvalue weighted by Gasteiger charge is 2.34. The fourth-order valence-electron chi connectivity index (χ4n) is 1.39. The van der Waals surface area contributed by atoms with Crippen molar-refractivity contribution in [3.8, 4) is 0 Å². The van der Waals surface area contributed by atoms with Crippen LogP contribution in [0.25, 0.3) is 0 Å². The van der Waals surface area contributed by atoms with Crippen molar-refractivity contribution in [3.63, 3.8) is 0 Å². The maximum atomic E-state index is 11.5. The van der Waals surface area contributed by atoms with Crippen molar-refractivity contribution in [1.82, 2.24) is 10.1 Å². The predicted molar refractivity (Wildman–Crippen MR) is 59.4 cm³/mol. The van der Waals surface area contributed by atoms with Gasteiger partial charge in [0.15, 0.2) is 5.78 Å². The predicted octanol–water partition coefficient (Wildman–Crippen LogP) is 1.35. The quantitative estimate of drug-likeness (QED) is 0.797. The zero-order chi connectivity index (χ0) is 11.8. The first-order valence-electron chi connectivity index (χ1n) is 5.04. The molecule has 1 unspecified atom stereocenters. The molecule has 88 valence electrons. The number of nitrogens with zero attached hydrogens (tertiary/aromatic N) is 2. The highest BCUT2D eigenvalue weighted by atomic mass is 32.2. The molecule has 6 heteroatoms. The lowest BCUT2D eigenvalue weighted by molar-refractivity contribution is -0.117. The Kier molecular flexibility index (Phi) is 3.03. The number of thioether (sulfide) groups is 1. The van der Waals surface area contributed by atoms with Crippen molar-refractivity contribution in [2.45, 2.75) is 25.4 Å². The Morgan fingerprint density at radius 1 is 1.56 bits per heavy atom. The van der Waals surface area contributed by atoms with Crippen molar-refractivity contribution in [3.05, 3.63) is 11.7 Å². The van der Waals surface area contributed by atoms with E-state index in [9.17, 15) is 4.79 Å². The highest BCUT2D eigenvalue weighted by Crippen LogP contribution is 2.30. The molecule has 0 aromatic carbocycles. The van der Waals surface area contributed by atoms with Gasteiger partial charge < -0.3 is 9.26 Å². The third-order valence-corrected chi connectivity index (χ3v) is 3.76. The van der Waals surface area contributed by atoms with E-state index >= 15 is 0 Å². The zero-order valence-electron chi connectivity index (χ0n) is 9.52. The molecule has 1 aliphatic rings. The van der Waals surface area contributed by atoms with Gasteiger partial charge in [0.1, 0.15) is 11.5 Å². The van der Waals surface area contributed by atoms with Crippen molar-refractivity contribution in [1.29, 1.82) is 0 Å². The van der Waals surface area contributed by atoms with Crippen LogP contribution in [-0.2, 0) is 15.1 Å². The Morgan fingerprint density at radius 2 is 2.31 bits per heavy atom. The molecule has 1 aliphatic heterocycles. The maximum Gasteiger partial charge on any atom is 0.238 e. The monoisotopic (exact) mass is 242 g/mol. The summed E-state index contributed by atoms with van der Waals surface area (Å²) in [6.07, 6.45) is 0. The average Bonchev–Trinajstić information content (AvgIpc) is 2.85. The number of hydrogen-bond donors (Lipinski definition) is 0. The number of methoxy groups -OCH3 is 1. The van der Waals surface area contributed by atoms with Crippen molar-refractivity contribution in [2.75, 3.05) is 18.6 Å². The van der Waals surface area contributed by atoms with Crippen molar-refractivity contribution in [2.24, 2.45) is 0 Å². The molecule has 1 aromatic heterocycles. The SMILES string of the molecule is COC(C)(C)c1noc(C2CSCC2=O)n1. The van der Waals surface area contributed by atoms with Gasteiger partial charge in [-0.05, 0) is 13.8 Å². The van der Waals surface area contributed by atoms with E-state index in [1.807, 2.05) is 13.8 Å². The first-order chi connectivity index (χ1) is 7.54. The maximum absolute atomic E-state index is 11.5. The fraction of sp³-hybridized carbons (Fsp3) is 0.700. The zero-order valence-corrected chi connectivity index (χ0v) is 10.3. The standard InChI is InChI=1S/C10H14N2O3S/c1-10(2,14-3)9-11-8(15-12-9)6-4-16-5-7(6)13/h6H,4-5H2,1-3H3. The Morgan fingerprint density at radius 3 is 2.88 bits per heavy atom. The van der Waals surface area contributed by atoms with Crippen LogP contribution >= 0.6 is 11.8 Å². The van der Waals surface area contributed by atoms with E-state index in [2.05, 4.69) is 10.1 Å². The Labute approximate surface area is 97.9 Å². The molecule has 0 aliphatic carbocycles. The summed E-state index contributed by atoms with van der Waals surface area (Å²) < 4.78 is 10.4. The van der Waals surface area contributed by atoms with Gasteiger partial charge in [-0.2, -0.15) is 16.7 Å². The van der Waals surface area contributed by atoms with Crippen LogP contribution < -0.4 is 0 Å². The highest BCUT2D eigenvalue weighted by molar-refractivity contribution is 8.00. The fourth-order valence-corrected chi connectivity index (χ4v) is 2.48. The van der Waals surface area contributed by atoms with Crippen LogP contribution in [0.3, 0.4) is 0 Å². The third kappa shape index (κ3) is 1.99. The molecule has 0 amide bonds. The second kappa shape index (κ2) is 4.18. The molecule has 16 heavy (non-hydrogen) atoms. The lowest BCUT2D eigenvalue weighted by atomic mass is 10.1. The van der Waals surface area contributed by atoms with Gasteiger partial charge in [-0.15, -0.1) is 0 Å². The third-order valence-electron chi connectivity index (χ3n) is 2.71. The van der Waals surface area contributed by atoms with E-state index in [-0.39, 0.29) is 11.7 Å². The summed E-state index contributed by atoms with van der Waals surface area (Å²) in [5.74, 6) is 2.09. The minimum atomic E-state index is -0.587. The Balaban J connectivity index is 2.22. The molecule has 2 heterocycles. The first-order valence-corrected chi connectivity index (χ1v) is 6.20. The molecule has 0 N–H and O–H groups in total. The van der Waals surface area contributed by atoms with E-state index in [1.165, 1.54) is 0 Å². The van der Waals surface area contributed by atoms with Gasteiger partial charge in [0.25, 0.3) is 0 Å². The number of ether oxygens (including phenoxy) is 1. The van der Waals surface area contributed by atoms with Gasteiger partial charge in [0.2, 0.25) is 11.7 Å². The van der Waals surface area contributed by atoms with Crippen LogP contribution in [-0.4, -0.2) is 34.5 Å². The van der Waals surface area contributed by atoms with E-state index in [0.29, 0.717) is 17.5 Å². The topological polar surface area (TPSA) is 65.2 Å². The summed E-state index contributed by atoms with van der Waals surface area (Å²) in [7, 11) is 1.59. The normalized spacial score (nSPS) is 21.7. The molecule has 1 aromatic rings. The number of carbonyl (C=O) groups is 1. The Hall–Kier alpha value is -0.880. The second-order valence-corrected chi connectivity index (χ2v) is 5.23. The Bertz CT molecular complexity index is 403. The molecule has 0 spiro atoms. The number of ketones is 1. The molecule has 0 radical (unpaired) electrons. The molecule has 1 atom stereocenters. The van der Waals surface area contributed by atoms with Gasteiger partial charge in [0.05, 0.1) is 5.75 Å². The van der Waals surface area contributed by atoms with E-state index in [1.54, 1.807) is 18.9 Å². The minimum Gasteiger partial charge on any atom is -0.371 e. The summed E-state index contributed by atoms with van der Waals surface area (Å²) in [6, 6.07) is 0.